The van der Waals surface area contributed by atoms with Crippen LogP contribution in [0.2, 0.25) is 0 Å². The summed E-state index contributed by atoms with van der Waals surface area (Å²) < 4.78 is 7.34. The Morgan fingerprint density at radius 3 is 2.79 bits per heavy atom. The van der Waals surface area contributed by atoms with E-state index >= 15 is 0 Å². The van der Waals surface area contributed by atoms with Crippen molar-refractivity contribution in [2.75, 3.05) is 7.11 Å². The quantitative estimate of drug-likeness (QED) is 0.715. The predicted molar refractivity (Wildman–Crippen MR) is 75.7 cm³/mol. The number of rotatable bonds is 3. The number of fused-ring (bicyclic) bond motifs is 1. The van der Waals surface area contributed by atoms with Gasteiger partial charge in [-0.1, -0.05) is 24.3 Å². The minimum Gasteiger partial charge on any atom is -0.493 e. The Balaban J connectivity index is 2.00. The van der Waals surface area contributed by atoms with E-state index in [2.05, 4.69) is 42.4 Å². The average molecular weight is 252 g/mol. The first-order chi connectivity index (χ1) is 9.28. The number of pyridine rings is 1. The minimum atomic E-state index is 0.804. The monoisotopic (exact) mass is 252 g/mol. The average Bonchev–Trinajstić information content (AvgIpc) is 2.83. The van der Waals surface area contributed by atoms with Gasteiger partial charge in [0.15, 0.2) is 11.4 Å². The molecule has 1 aromatic carbocycles. The summed E-state index contributed by atoms with van der Waals surface area (Å²) in [5, 5.41) is 0. The van der Waals surface area contributed by atoms with Crippen LogP contribution in [0.1, 0.15) is 16.8 Å². The number of aryl methyl sites for hydroxylation is 1. The number of hydrogen-bond donors (Lipinski definition) is 0. The Kier molecular flexibility index (Phi) is 2.95. The van der Waals surface area contributed by atoms with Crippen LogP contribution in [-0.2, 0) is 6.42 Å². The number of aromatic nitrogens is 2. The van der Waals surface area contributed by atoms with Crippen LogP contribution < -0.4 is 4.74 Å². The molecule has 0 saturated carbocycles. The van der Waals surface area contributed by atoms with Crippen LogP contribution in [0.3, 0.4) is 0 Å². The molecule has 19 heavy (non-hydrogen) atoms. The third-order valence-corrected chi connectivity index (χ3v) is 3.35. The lowest BCUT2D eigenvalue weighted by molar-refractivity contribution is 0.417. The molecule has 0 spiro atoms. The van der Waals surface area contributed by atoms with Gasteiger partial charge >= 0.3 is 0 Å². The molecule has 0 N–H and O–H groups in total. The highest BCUT2D eigenvalue weighted by molar-refractivity contribution is 5.54. The molecule has 0 radical (unpaired) electrons. The second-order valence-corrected chi connectivity index (χ2v) is 4.64. The van der Waals surface area contributed by atoms with E-state index < -0.39 is 0 Å². The van der Waals surface area contributed by atoms with Gasteiger partial charge in [0.1, 0.15) is 0 Å². The van der Waals surface area contributed by atoms with E-state index in [-0.39, 0.29) is 0 Å². The van der Waals surface area contributed by atoms with E-state index in [4.69, 9.17) is 4.74 Å². The van der Waals surface area contributed by atoms with Crippen LogP contribution in [-0.4, -0.2) is 16.5 Å². The molecule has 0 amide bonds. The van der Waals surface area contributed by atoms with E-state index in [0.717, 1.165) is 23.5 Å². The van der Waals surface area contributed by atoms with Gasteiger partial charge in [-0.3, -0.25) is 0 Å². The van der Waals surface area contributed by atoms with Crippen molar-refractivity contribution >= 4 is 5.65 Å². The molecule has 3 nitrogen and oxygen atoms in total. The highest BCUT2D eigenvalue weighted by Crippen LogP contribution is 2.20. The fourth-order valence-corrected chi connectivity index (χ4v) is 2.29. The molecule has 0 bridgehead atoms. The molecule has 0 aliphatic heterocycles. The van der Waals surface area contributed by atoms with Crippen molar-refractivity contribution in [3.63, 3.8) is 0 Å². The lowest BCUT2D eigenvalue weighted by Gasteiger charge is -2.02. The summed E-state index contributed by atoms with van der Waals surface area (Å²) >= 11 is 0. The fourth-order valence-electron chi connectivity index (χ4n) is 2.29. The third kappa shape index (κ3) is 2.19. The molecular weight excluding hydrogens is 236 g/mol. The molecule has 3 rings (SSSR count). The van der Waals surface area contributed by atoms with Crippen LogP contribution in [0.15, 0.2) is 48.8 Å². The molecule has 96 valence electrons. The van der Waals surface area contributed by atoms with Gasteiger partial charge in [0.25, 0.3) is 0 Å². The molecule has 0 aliphatic rings. The lowest BCUT2D eigenvalue weighted by atomic mass is 10.0. The Labute approximate surface area is 112 Å². The fraction of sp³-hybridized carbons (Fsp3) is 0.188. The van der Waals surface area contributed by atoms with E-state index in [0.29, 0.717) is 0 Å². The number of hydrogen-bond acceptors (Lipinski definition) is 2. The van der Waals surface area contributed by atoms with Gasteiger partial charge in [0.05, 0.1) is 12.8 Å². The topological polar surface area (TPSA) is 26.5 Å². The van der Waals surface area contributed by atoms with Crippen LogP contribution in [0.25, 0.3) is 5.65 Å². The zero-order valence-corrected chi connectivity index (χ0v) is 11.1. The standard InChI is InChI=1S/C16H16N2O/c1-12-6-3-4-7-13(12)10-14-11-18-9-5-8-15(19-2)16(18)17-14/h3-9,11H,10H2,1-2H3. The van der Waals surface area contributed by atoms with Crippen molar-refractivity contribution in [3.8, 4) is 5.75 Å². The number of ether oxygens (including phenoxy) is 1. The van der Waals surface area contributed by atoms with Crippen LogP contribution in [0.5, 0.6) is 5.75 Å². The molecule has 0 unspecified atom stereocenters. The highest BCUT2D eigenvalue weighted by Gasteiger charge is 2.07. The second kappa shape index (κ2) is 4.76. The van der Waals surface area contributed by atoms with Crippen molar-refractivity contribution in [2.45, 2.75) is 13.3 Å². The summed E-state index contributed by atoms with van der Waals surface area (Å²) in [6.07, 6.45) is 4.90. The Bertz CT molecular complexity index is 716. The summed E-state index contributed by atoms with van der Waals surface area (Å²) in [6, 6.07) is 12.3. The lowest BCUT2D eigenvalue weighted by Crippen LogP contribution is -1.91. The number of nitrogens with zero attached hydrogens (tertiary/aromatic N) is 2. The van der Waals surface area contributed by atoms with E-state index in [1.807, 2.05) is 22.7 Å². The maximum Gasteiger partial charge on any atom is 0.179 e. The van der Waals surface area contributed by atoms with Crippen LogP contribution in [0.4, 0.5) is 0 Å². The Morgan fingerprint density at radius 2 is 2.00 bits per heavy atom. The van der Waals surface area contributed by atoms with E-state index in [1.54, 1.807) is 7.11 Å². The van der Waals surface area contributed by atoms with Crippen LogP contribution >= 0.6 is 0 Å². The molecule has 2 heterocycles. The molecule has 0 atom stereocenters. The molecule has 0 fully saturated rings. The van der Waals surface area contributed by atoms with Gasteiger partial charge in [-0.15, -0.1) is 0 Å². The summed E-state index contributed by atoms with van der Waals surface area (Å²) in [7, 11) is 1.67. The molecule has 3 heteroatoms. The maximum atomic E-state index is 5.33. The molecular formula is C16H16N2O. The van der Waals surface area contributed by atoms with Crippen molar-refractivity contribution < 1.29 is 4.74 Å². The number of imidazole rings is 1. The number of benzene rings is 1. The third-order valence-electron chi connectivity index (χ3n) is 3.35. The van der Waals surface area contributed by atoms with Crippen molar-refractivity contribution in [2.24, 2.45) is 0 Å². The zero-order chi connectivity index (χ0) is 13.2. The Hall–Kier alpha value is -2.29. The van der Waals surface area contributed by atoms with Gasteiger partial charge in [0.2, 0.25) is 0 Å². The predicted octanol–water partition coefficient (Wildman–Crippen LogP) is 3.24. The van der Waals surface area contributed by atoms with Crippen LogP contribution in [0, 0.1) is 6.92 Å². The zero-order valence-electron chi connectivity index (χ0n) is 11.1. The van der Waals surface area contributed by atoms with E-state index in [9.17, 15) is 0 Å². The minimum absolute atomic E-state index is 0.804. The van der Waals surface area contributed by atoms with Crippen molar-refractivity contribution in [1.29, 1.82) is 0 Å². The summed E-state index contributed by atoms with van der Waals surface area (Å²) in [5.74, 6) is 0.804. The number of methoxy groups -OCH3 is 1. The largest absolute Gasteiger partial charge is 0.493 e. The summed E-state index contributed by atoms with van der Waals surface area (Å²) in [4.78, 5) is 4.66. The van der Waals surface area contributed by atoms with Gasteiger partial charge in [-0.2, -0.15) is 0 Å². The van der Waals surface area contributed by atoms with Crippen molar-refractivity contribution in [1.82, 2.24) is 9.38 Å². The molecule has 3 aromatic rings. The van der Waals surface area contributed by atoms with Gasteiger partial charge < -0.3 is 9.14 Å². The smallest absolute Gasteiger partial charge is 0.179 e. The maximum absolute atomic E-state index is 5.33. The molecule has 2 aromatic heterocycles. The van der Waals surface area contributed by atoms with E-state index in [1.165, 1.54) is 11.1 Å². The Morgan fingerprint density at radius 1 is 1.16 bits per heavy atom. The first-order valence-corrected chi connectivity index (χ1v) is 6.33. The summed E-state index contributed by atoms with van der Waals surface area (Å²) in [6.45, 7) is 2.13. The van der Waals surface area contributed by atoms with Gasteiger partial charge in [-0.05, 0) is 30.2 Å². The highest BCUT2D eigenvalue weighted by atomic mass is 16.5. The normalized spacial score (nSPS) is 10.8. The SMILES string of the molecule is COc1cccn2cc(Cc3ccccc3C)nc12. The molecule has 0 aliphatic carbocycles. The first kappa shape index (κ1) is 11.8. The van der Waals surface area contributed by atoms with Gasteiger partial charge in [-0.25, -0.2) is 4.98 Å². The summed E-state index contributed by atoms with van der Waals surface area (Å²) in [5.41, 5.74) is 4.53. The molecule has 0 saturated heterocycles. The first-order valence-electron chi connectivity index (χ1n) is 6.33. The second-order valence-electron chi connectivity index (χ2n) is 4.64. The van der Waals surface area contributed by atoms with Gasteiger partial charge in [0, 0.05) is 18.8 Å². The van der Waals surface area contributed by atoms with Crippen molar-refractivity contribution in [3.05, 3.63) is 65.6 Å².